The normalized spacial score (nSPS) is 29.0. The maximum atomic E-state index is 2.53. The van der Waals surface area contributed by atoms with E-state index in [1.165, 1.54) is 148 Å². The first-order valence-corrected chi connectivity index (χ1v) is 28.9. The molecule has 0 spiro atoms. The molecule has 0 heteroatoms. The van der Waals surface area contributed by atoms with Crippen LogP contribution in [-0.2, 0) is 12.8 Å². The lowest BCUT2D eigenvalue weighted by atomic mass is 9.56. The van der Waals surface area contributed by atoms with Crippen molar-refractivity contribution in [2.75, 3.05) is 0 Å². The van der Waals surface area contributed by atoms with Gasteiger partial charge in [-0.05, 0) is 178 Å². The Bertz CT molecular complexity index is 1560. The van der Waals surface area contributed by atoms with E-state index in [9.17, 15) is 0 Å². The van der Waals surface area contributed by atoms with E-state index in [4.69, 9.17) is 0 Å². The Morgan fingerprint density at radius 1 is 0.388 bits per heavy atom. The summed E-state index contributed by atoms with van der Waals surface area (Å²) in [5.74, 6) is 3.09. The van der Waals surface area contributed by atoms with E-state index in [0.717, 1.165) is 23.2 Å². The minimum Gasteiger partial charge on any atom is -0.0776 e. The van der Waals surface area contributed by atoms with Crippen LogP contribution in [0.15, 0.2) is 24.3 Å². The lowest BCUT2D eigenvalue weighted by Gasteiger charge is -2.49. The van der Waals surface area contributed by atoms with Gasteiger partial charge in [0.15, 0.2) is 0 Å². The van der Waals surface area contributed by atoms with Crippen molar-refractivity contribution in [3.05, 3.63) is 35.4 Å². The zero-order valence-electron chi connectivity index (χ0n) is 49.8. The highest BCUT2D eigenvalue weighted by Crippen LogP contribution is 2.57. The second-order valence-corrected chi connectivity index (χ2v) is 31.6. The van der Waals surface area contributed by atoms with Gasteiger partial charge < -0.3 is 0 Å². The van der Waals surface area contributed by atoms with Gasteiger partial charge in [0.1, 0.15) is 0 Å². The van der Waals surface area contributed by atoms with Gasteiger partial charge >= 0.3 is 0 Å². The van der Waals surface area contributed by atoms with Gasteiger partial charge in [0.2, 0.25) is 0 Å². The first kappa shape index (κ1) is 62.3. The van der Waals surface area contributed by atoms with E-state index in [1.54, 1.807) is 11.1 Å². The van der Waals surface area contributed by atoms with Crippen LogP contribution in [-0.4, -0.2) is 0 Å². The van der Waals surface area contributed by atoms with E-state index >= 15 is 0 Å². The van der Waals surface area contributed by atoms with E-state index in [2.05, 4.69) is 184 Å². The van der Waals surface area contributed by atoms with Gasteiger partial charge in [0.05, 0.1) is 0 Å². The molecule has 4 atom stereocenters. The summed E-state index contributed by atoms with van der Waals surface area (Å²) < 4.78 is 0. The van der Waals surface area contributed by atoms with Gasteiger partial charge in [-0.25, -0.2) is 0 Å². The molecule has 0 nitrogen and oxygen atoms in total. The molecule has 0 amide bonds. The van der Waals surface area contributed by atoms with Crippen LogP contribution in [0.2, 0.25) is 0 Å². The predicted octanol–water partition coefficient (Wildman–Crippen LogP) is 22.8. The van der Waals surface area contributed by atoms with E-state index in [1.807, 2.05) is 0 Å². The molecule has 7 aliphatic carbocycles. The second-order valence-electron chi connectivity index (χ2n) is 31.6. The Labute approximate surface area is 425 Å². The van der Waals surface area contributed by atoms with Gasteiger partial charge in [-0.2, -0.15) is 0 Å². The van der Waals surface area contributed by atoms with Gasteiger partial charge in [-0.15, -0.1) is 0 Å². The third-order valence-electron chi connectivity index (χ3n) is 22.8. The van der Waals surface area contributed by atoms with Crippen LogP contribution in [0.3, 0.4) is 0 Å². The maximum absolute atomic E-state index is 2.53. The standard InChI is InChI=1S/C15H22.C14H26.C11H22.C10H20.C9H18.C7H14.CH4/c1-14(2,3)15(4)10-9-12-7-5-6-8-13(12)11-15;1-13(2,3)14(4)9-8-11-6-5-7-12(11)10-14;1-10(2,3)11(4)8-6-5-7-9-11;1-9(2,3)10(4)7-5-6-8-10;1-8(2,3)9(4)6-5-7-9;1-6(2)7(3)4-5-7;/h5-8H,9-11H2,1-4H3;11-12H,5-10H2,1-4H3;5-9H2,1-4H3;5-8H2,1-4H3;5-7H2,1-4H3;6H,4-5H2,1-3H3;1H4. The summed E-state index contributed by atoms with van der Waals surface area (Å²) in [5, 5.41) is 0. The fourth-order valence-corrected chi connectivity index (χ4v) is 12.4. The number of aryl methyl sites for hydroxylation is 1. The maximum Gasteiger partial charge on any atom is -0.0217 e. The van der Waals surface area contributed by atoms with Crippen molar-refractivity contribution in [2.24, 2.45) is 77.3 Å². The number of hydrogen-bond acceptors (Lipinski definition) is 0. The highest BCUT2D eigenvalue weighted by atomic mass is 14.5. The molecule has 6 fully saturated rings. The van der Waals surface area contributed by atoms with Crippen LogP contribution < -0.4 is 0 Å². The quantitative estimate of drug-likeness (QED) is 0.263. The van der Waals surface area contributed by atoms with Gasteiger partial charge in [0, 0.05) is 0 Å². The lowest BCUT2D eigenvalue weighted by molar-refractivity contribution is 0.0155. The van der Waals surface area contributed by atoms with Crippen molar-refractivity contribution in [3.63, 3.8) is 0 Å². The van der Waals surface area contributed by atoms with Crippen LogP contribution in [0.4, 0.5) is 0 Å². The lowest BCUT2D eigenvalue weighted by Crippen LogP contribution is -2.39. The topological polar surface area (TPSA) is 0 Å². The Hall–Kier alpha value is -0.780. The molecular weight excluding hydrogens is 805 g/mol. The average molecular weight is 932 g/mol. The molecule has 7 aliphatic rings. The largest absolute Gasteiger partial charge is 0.0776 e. The summed E-state index contributed by atoms with van der Waals surface area (Å²) in [4.78, 5) is 0. The summed E-state index contributed by atoms with van der Waals surface area (Å²) in [5.41, 5.74) is 9.33. The molecule has 0 bridgehead atoms. The molecule has 0 heterocycles. The number of hydrogen-bond donors (Lipinski definition) is 0. The number of benzene rings is 1. The van der Waals surface area contributed by atoms with Crippen LogP contribution in [0.1, 0.15) is 313 Å². The van der Waals surface area contributed by atoms with Gasteiger partial charge in [-0.3, -0.25) is 0 Å². The van der Waals surface area contributed by atoms with Crippen LogP contribution in [0.5, 0.6) is 0 Å². The third kappa shape index (κ3) is 16.6. The van der Waals surface area contributed by atoms with Crippen molar-refractivity contribution in [1.82, 2.24) is 0 Å². The summed E-state index contributed by atoms with van der Waals surface area (Å²) in [6.45, 7) is 55.1. The fraction of sp³-hybridized carbons (Fsp3) is 0.910. The Morgan fingerprint density at radius 2 is 0.761 bits per heavy atom. The number of rotatable bonds is 1. The summed E-state index contributed by atoms with van der Waals surface area (Å²) in [7, 11) is 0. The van der Waals surface area contributed by atoms with E-state index in [-0.39, 0.29) is 7.43 Å². The molecule has 67 heavy (non-hydrogen) atoms. The Balaban J connectivity index is 0.000000280. The molecule has 394 valence electrons. The smallest absolute Gasteiger partial charge is 0.0217 e. The van der Waals surface area contributed by atoms with Crippen LogP contribution in [0, 0.1) is 77.3 Å². The molecule has 1 aromatic carbocycles. The van der Waals surface area contributed by atoms with E-state index < -0.39 is 0 Å². The first-order valence-electron chi connectivity index (χ1n) is 28.9. The van der Waals surface area contributed by atoms with Crippen molar-refractivity contribution >= 4 is 0 Å². The summed E-state index contributed by atoms with van der Waals surface area (Å²) >= 11 is 0. The van der Waals surface area contributed by atoms with Crippen molar-refractivity contribution in [2.45, 2.75) is 314 Å². The molecule has 4 unspecified atom stereocenters. The monoisotopic (exact) mass is 931 g/mol. The Morgan fingerprint density at radius 3 is 1.09 bits per heavy atom. The van der Waals surface area contributed by atoms with Crippen molar-refractivity contribution in [3.8, 4) is 0 Å². The second kappa shape index (κ2) is 23.4. The highest BCUT2D eigenvalue weighted by molar-refractivity contribution is 5.31. The molecule has 0 aromatic heterocycles. The van der Waals surface area contributed by atoms with Crippen molar-refractivity contribution < 1.29 is 0 Å². The van der Waals surface area contributed by atoms with Gasteiger partial charge in [-0.1, -0.05) is 249 Å². The fourth-order valence-electron chi connectivity index (χ4n) is 12.4. The zero-order valence-corrected chi connectivity index (χ0v) is 49.8. The highest BCUT2D eigenvalue weighted by Gasteiger charge is 2.46. The van der Waals surface area contributed by atoms with E-state index in [0.29, 0.717) is 54.1 Å². The molecular formula is C67H126. The summed E-state index contributed by atoms with van der Waals surface area (Å²) in [6.07, 6.45) is 33.2. The minimum atomic E-state index is 0. The molecule has 0 N–H and O–H groups in total. The zero-order chi connectivity index (χ0) is 50.5. The SMILES string of the molecule is C.CC(C)(C)C1(C)CCC1.CC(C)(C)C1(C)CCC2CCCC2C1.CC(C)(C)C1(C)CCCC1.CC(C)(C)C1(C)CCCCC1.CC(C)(C)C1(C)CCc2ccccc2C1.CC(C)C1(C)CC1. The molecule has 8 rings (SSSR count). The Kier molecular flexibility index (Phi) is 21.8. The van der Waals surface area contributed by atoms with Crippen LogP contribution >= 0.6 is 0 Å². The molecule has 0 saturated heterocycles. The molecule has 0 radical (unpaired) electrons. The molecule has 0 aliphatic heterocycles. The number of fused-ring (bicyclic) bond motifs is 2. The van der Waals surface area contributed by atoms with Gasteiger partial charge in [0.25, 0.3) is 0 Å². The first-order chi connectivity index (χ1) is 29.9. The minimum absolute atomic E-state index is 0. The molecule has 1 aromatic rings. The van der Waals surface area contributed by atoms with Crippen molar-refractivity contribution in [1.29, 1.82) is 0 Å². The predicted molar refractivity (Wildman–Crippen MR) is 305 cm³/mol. The third-order valence-corrected chi connectivity index (χ3v) is 22.8. The average Bonchev–Trinajstić information content (AvgIpc) is 3.52. The molecule has 6 saturated carbocycles. The summed E-state index contributed by atoms with van der Waals surface area (Å²) in [6, 6.07) is 8.93. The van der Waals surface area contributed by atoms with Crippen LogP contribution in [0.25, 0.3) is 0 Å².